The first-order valence-corrected chi connectivity index (χ1v) is 13.2. The van der Waals surface area contributed by atoms with Gasteiger partial charge in [0.15, 0.2) is 28.8 Å². The number of hydrogen-bond donors (Lipinski definition) is 4. The Labute approximate surface area is 236 Å². The number of aromatic amines is 1. The second-order valence-corrected chi connectivity index (χ2v) is 9.28. The van der Waals surface area contributed by atoms with Crippen LogP contribution in [0.5, 0.6) is 0 Å². The lowest BCUT2D eigenvalue weighted by Crippen LogP contribution is -2.49. The second kappa shape index (κ2) is 12.5. The predicted molar refractivity (Wildman–Crippen MR) is 158 cm³/mol. The van der Waals surface area contributed by atoms with Crippen molar-refractivity contribution in [1.82, 2.24) is 25.8 Å². The minimum absolute atomic E-state index is 0.0706. The Morgan fingerprint density at radius 2 is 1.85 bits per heavy atom. The Balaban J connectivity index is 0.00000189. The van der Waals surface area contributed by atoms with E-state index >= 15 is 0 Å². The van der Waals surface area contributed by atoms with Gasteiger partial charge in [-0.05, 0) is 48.7 Å². The number of nitrogen functional groups attached to an aromatic ring is 1. The van der Waals surface area contributed by atoms with Crippen LogP contribution in [-0.4, -0.2) is 38.7 Å². The van der Waals surface area contributed by atoms with Gasteiger partial charge in [-0.3, -0.25) is 14.9 Å². The van der Waals surface area contributed by atoms with E-state index in [9.17, 15) is 13.6 Å². The van der Waals surface area contributed by atoms with Crippen molar-refractivity contribution in [3.05, 3.63) is 89.8 Å². The molecule has 0 bridgehead atoms. The summed E-state index contributed by atoms with van der Waals surface area (Å²) in [5.41, 5.74) is 10.2. The molecule has 0 spiro atoms. The topological polar surface area (TPSA) is 133 Å². The quantitative estimate of drug-likeness (QED) is 0.257. The SMILES string of the molecule is C=C1N=C(C(=O)NC(C)c2ccc(F)c(F)c2)C(=NCc2ccc(-c3cnc4n[nH]c(N)c4c3)cc2)NC1C.CC. The number of nitrogens with zero attached hydrogens (tertiary/aromatic N) is 4. The standard InChI is InChI=1S/C28H26F2N8O.C2H6/c1-14-15(2)35-27(24(34-14)28(39)36-16(3)19-8-9-22(29)23(30)11-19)32-12-17-4-6-18(7-5-17)20-10-21-25(31)37-38-26(21)33-13-20;1-2/h4-11,13,15-16H,1,12H2,2-3H3,(H,32,35)(H,36,39)(H3,31,33,37,38);1-2H3. The summed E-state index contributed by atoms with van der Waals surface area (Å²) in [4.78, 5) is 26.4. The van der Waals surface area contributed by atoms with Gasteiger partial charge in [-0.15, -0.1) is 0 Å². The van der Waals surface area contributed by atoms with Crippen molar-refractivity contribution in [3.8, 4) is 11.1 Å². The number of carbonyl (C=O) groups is 1. The number of nitrogens with two attached hydrogens (primary N) is 1. The monoisotopic (exact) mass is 558 g/mol. The molecule has 5 N–H and O–H groups in total. The number of carbonyl (C=O) groups excluding carboxylic acids is 1. The summed E-state index contributed by atoms with van der Waals surface area (Å²) in [5.74, 6) is -1.67. The van der Waals surface area contributed by atoms with Crippen molar-refractivity contribution in [2.75, 3.05) is 5.73 Å². The maximum atomic E-state index is 13.7. The zero-order valence-electron chi connectivity index (χ0n) is 23.3. The molecule has 3 heterocycles. The number of nitrogens with one attached hydrogen (secondary N) is 3. The van der Waals surface area contributed by atoms with E-state index in [0.717, 1.165) is 34.2 Å². The van der Waals surface area contributed by atoms with E-state index in [2.05, 4.69) is 42.4 Å². The molecule has 1 aliphatic heterocycles. The van der Waals surface area contributed by atoms with Crippen LogP contribution in [0.2, 0.25) is 0 Å². The van der Waals surface area contributed by atoms with Crippen molar-refractivity contribution in [1.29, 1.82) is 0 Å². The third-order valence-electron chi connectivity index (χ3n) is 6.49. The van der Waals surface area contributed by atoms with Gasteiger partial charge in [-0.25, -0.2) is 18.8 Å². The molecular weight excluding hydrogens is 526 g/mol. The zero-order valence-corrected chi connectivity index (χ0v) is 23.3. The van der Waals surface area contributed by atoms with E-state index in [1.54, 1.807) is 13.1 Å². The lowest BCUT2D eigenvalue weighted by atomic mass is 10.0. The summed E-state index contributed by atoms with van der Waals surface area (Å²) < 4.78 is 27.0. The Morgan fingerprint density at radius 3 is 2.56 bits per heavy atom. The molecular formula is C30H32F2N8O. The van der Waals surface area contributed by atoms with Crippen LogP contribution in [0.1, 0.15) is 44.9 Å². The van der Waals surface area contributed by atoms with E-state index in [0.29, 0.717) is 35.1 Å². The highest BCUT2D eigenvalue weighted by molar-refractivity contribution is 6.67. The van der Waals surface area contributed by atoms with Crippen LogP contribution in [0.3, 0.4) is 0 Å². The van der Waals surface area contributed by atoms with Crippen LogP contribution < -0.4 is 16.4 Å². The van der Waals surface area contributed by atoms with Gasteiger partial charge in [0.1, 0.15) is 5.82 Å². The van der Waals surface area contributed by atoms with Gasteiger partial charge in [-0.2, -0.15) is 5.10 Å². The summed E-state index contributed by atoms with van der Waals surface area (Å²) in [6.07, 6.45) is 1.74. The van der Waals surface area contributed by atoms with Crippen LogP contribution in [0.4, 0.5) is 14.6 Å². The molecule has 41 heavy (non-hydrogen) atoms. The average Bonchev–Trinajstić information content (AvgIpc) is 3.35. The molecule has 2 unspecified atom stereocenters. The van der Waals surface area contributed by atoms with Crippen LogP contribution in [0.15, 0.2) is 77.0 Å². The molecule has 4 aromatic rings. The number of aliphatic imine (C=N–C) groups is 2. The molecule has 0 fully saturated rings. The molecule has 212 valence electrons. The van der Waals surface area contributed by atoms with E-state index in [1.807, 2.05) is 51.1 Å². The van der Waals surface area contributed by atoms with Gasteiger partial charge in [0, 0.05) is 11.8 Å². The zero-order chi connectivity index (χ0) is 29.7. The Bertz CT molecular complexity index is 1640. The van der Waals surface area contributed by atoms with Crippen molar-refractivity contribution in [2.24, 2.45) is 9.98 Å². The first kappa shape index (κ1) is 29.1. The van der Waals surface area contributed by atoms with E-state index in [4.69, 9.17) is 5.73 Å². The van der Waals surface area contributed by atoms with Crippen LogP contribution >= 0.6 is 0 Å². The fraction of sp³-hybridized carbons (Fsp3) is 0.233. The van der Waals surface area contributed by atoms with Gasteiger partial charge < -0.3 is 16.4 Å². The van der Waals surface area contributed by atoms with E-state index in [-0.39, 0.29) is 11.8 Å². The number of H-pyrrole nitrogens is 1. The highest BCUT2D eigenvalue weighted by Gasteiger charge is 2.27. The maximum Gasteiger partial charge on any atom is 0.274 e. The smallest absolute Gasteiger partial charge is 0.274 e. The number of pyridine rings is 1. The number of benzene rings is 2. The molecule has 0 aliphatic carbocycles. The predicted octanol–water partition coefficient (Wildman–Crippen LogP) is 5.23. The summed E-state index contributed by atoms with van der Waals surface area (Å²) in [6.45, 7) is 11.7. The molecule has 11 heteroatoms. The highest BCUT2D eigenvalue weighted by atomic mass is 19.2. The maximum absolute atomic E-state index is 13.7. The van der Waals surface area contributed by atoms with Crippen LogP contribution in [0, 0.1) is 11.6 Å². The molecule has 1 amide bonds. The third kappa shape index (κ3) is 6.46. The van der Waals surface area contributed by atoms with Gasteiger partial charge in [0.05, 0.1) is 29.7 Å². The minimum Gasteiger partial charge on any atom is -0.384 e. The largest absolute Gasteiger partial charge is 0.384 e. The average molecular weight is 559 g/mol. The number of amides is 1. The fourth-order valence-electron chi connectivity index (χ4n) is 4.11. The fourth-order valence-corrected chi connectivity index (χ4v) is 4.11. The Kier molecular flexibility index (Phi) is 8.86. The Hall–Kier alpha value is -4.93. The van der Waals surface area contributed by atoms with E-state index < -0.39 is 23.6 Å². The number of rotatable bonds is 6. The summed E-state index contributed by atoms with van der Waals surface area (Å²) >= 11 is 0. The van der Waals surface area contributed by atoms with Gasteiger partial charge in [-0.1, -0.05) is 50.8 Å². The van der Waals surface area contributed by atoms with Crippen molar-refractivity contribution in [3.63, 3.8) is 0 Å². The molecule has 0 radical (unpaired) electrons. The lowest BCUT2D eigenvalue weighted by Gasteiger charge is -2.25. The lowest BCUT2D eigenvalue weighted by molar-refractivity contribution is -0.115. The van der Waals surface area contributed by atoms with Crippen molar-refractivity contribution in [2.45, 2.75) is 46.3 Å². The number of anilines is 1. The minimum atomic E-state index is -0.983. The first-order valence-electron chi connectivity index (χ1n) is 13.2. The number of aromatic nitrogens is 3. The van der Waals surface area contributed by atoms with Crippen LogP contribution in [0.25, 0.3) is 22.2 Å². The molecule has 5 rings (SSSR count). The molecule has 2 aromatic carbocycles. The molecule has 1 aliphatic rings. The number of halogens is 2. The van der Waals surface area contributed by atoms with Crippen LogP contribution in [-0.2, 0) is 11.3 Å². The normalized spacial score (nSPS) is 16.4. The molecule has 0 saturated heterocycles. The molecule has 2 aromatic heterocycles. The van der Waals surface area contributed by atoms with Gasteiger partial charge in [0.25, 0.3) is 5.91 Å². The number of hydrogen-bond acceptors (Lipinski definition) is 6. The summed E-state index contributed by atoms with van der Waals surface area (Å²) in [6, 6.07) is 12.4. The summed E-state index contributed by atoms with van der Waals surface area (Å²) in [5, 5.41) is 13.5. The molecule has 0 saturated carbocycles. The van der Waals surface area contributed by atoms with Crippen molar-refractivity contribution >= 4 is 34.3 Å². The molecule has 2 atom stereocenters. The molecule has 9 nitrogen and oxygen atoms in total. The third-order valence-corrected chi connectivity index (χ3v) is 6.49. The second-order valence-electron chi connectivity index (χ2n) is 9.28. The number of amidine groups is 1. The Morgan fingerprint density at radius 1 is 1.12 bits per heavy atom. The number of fused-ring (bicyclic) bond motifs is 1. The van der Waals surface area contributed by atoms with E-state index in [1.165, 1.54) is 6.07 Å². The van der Waals surface area contributed by atoms with Gasteiger partial charge >= 0.3 is 0 Å². The van der Waals surface area contributed by atoms with Gasteiger partial charge in [0.2, 0.25) is 0 Å². The summed E-state index contributed by atoms with van der Waals surface area (Å²) in [7, 11) is 0. The van der Waals surface area contributed by atoms with Crippen molar-refractivity contribution < 1.29 is 13.6 Å². The highest BCUT2D eigenvalue weighted by Crippen LogP contribution is 2.25. The first-order chi connectivity index (χ1) is 19.7.